The number of ketones is 1. The standard InChI is InChI=1S/C43H67NO16/c1-13-33-30(21-54-42-41(53-12)40(52-11)36(51)25(5)55-42)18-22(2)14-15-31(48)23(3)19-29(16-17-45)37(24(4)32(49)20-34(50)59-33)60-43-39(58-28(8)47)35(44(9)10)38(26(6)56-43)57-27(7)46/h14-15,17-18,20,23-26,29-30,33,35-43,49,51H,13,16,19,21H2,1-12H3/b15-14+,22-18+,32-20+/t23-,24-,25-,26-,29+,30-,33-,35+,36-,37-,38-,39-,40-,41-,42-,43+/m1/s1. The fraction of sp³-hybridized carbons (Fsp3) is 0.744. The Morgan fingerprint density at radius 3 is 2.08 bits per heavy atom. The molecular formula is C43H67NO16. The van der Waals surface area contributed by atoms with Gasteiger partial charge in [0.2, 0.25) is 0 Å². The number of cyclic esters (lactones) is 1. The highest BCUT2D eigenvalue weighted by Gasteiger charge is 2.51. The molecule has 0 spiro atoms. The van der Waals surface area contributed by atoms with Crippen LogP contribution in [0.25, 0.3) is 0 Å². The number of methoxy groups -OCH3 is 2. The van der Waals surface area contributed by atoms with Gasteiger partial charge in [-0.1, -0.05) is 38.5 Å². The monoisotopic (exact) mass is 853 g/mol. The molecule has 2 N–H and O–H groups in total. The zero-order valence-electron chi connectivity index (χ0n) is 37.0. The minimum Gasteiger partial charge on any atom is -0.512 e. The summed E-state index contributed by atoms with van der Waals surface area (Å²) in [5.41, 5.74) is 0.664. The average Bonchev–Trinajstić information content (AvgIpc) is 3.17. The third kappa shape index (κ3) is 13.5. The molecule has 2 saturated heterocycles. The number of esters is 3. The smallest absolute Gasteiger partial charge is 0.334 e. The van der Waals surface area contributed by atoms with Crippen LogP contribution in [0.3, 0.4) is 0 Å². The van der Waals surface area contributed by atoms with Crippen LogP contribution in [0.4, 0.5) is 0 Å². The second kappa shape index (κ2) is 23.6. The first kappa shape index (κ1) is 50.8. The third-order valence-corrected chi connectivity index (χ3v) is 11.4. The molecule has 0 aromatic heterocycles. The number of aliphatic hydroxyl groups is 2. The Labute approximate surface area is 353 Å². The first-order chi connectivity index (χ1) is 28.3. The van der Waals surface area contributed by atoms with Crippen LogP contribution in [0.2, 0.25) is 0 Å². The number of hydrogen-bond acceptors (Lipinski definition) is 17. The second-order valence-corrected chi connectivity index (χ2v) is 16.2. The van der Waals surface area contributed by atoms with Gasteiger partial charge in [-0.2, -0.15) is 0 Å². The first-order valence-corrected chi connectivity index (χ1v) is 20.6. The minimum atomic E-state index is -1.31. The molecule has 0 saturated carbocycles. The van der Waals surface area contributed by atoms with E-state index in [0.29, 0.717) is 18.3 Å². The summed E-state index contributed by atoms with van der Waals surface area (Å²) in [7, 11) is 6.35. The van der Waals surface area contributed by atoms with E-state index in [2.05, 4.69) is 0 Å². The van der Waals surface area contributed by atoms with Crippen LogP contribution in [-0.4, -0.2) is 154 Å². The van der Waals surface area contributed by atoms with Gasteiger partial charge in [-0.3, -0.25) is 19.3 Å². The Balaban J connectivity index is 2.07. The minimum absolute atomic E-state index is 0.0317. The van der Waals surface area contributed by atoms with Crippen molar-refractivity contribution in [2.75, 3.05) is 34.9 Å². The number of allylic oxidation sites excluding steroid dienone is 3. The van der Waals surface area contributed by atoms with Crippen molar-refractivity contribution >= 4 is 30.0 Å². The van der Waals surface area contributed by atoms with E-state index < -0.39 is 121 Å². The van der Waals surface area contributed by atoms with Crippen molar-refractivity contribution in [1.82, 2.24) is 4.90 Å². The van der Waals surface area contributed by atoms with E-state index in [-0.39, 0.29) is 25.2 Å². The topological polar surface area (TPSA) is 212 Å². The predicted octanol–water partition coefficient (Wildman–Crippen LogP) is 3.39. The highest BCUT2D eigenvalue weighted by atomic mass is 16.7. The number of ether oxygens (including phenoxy) is 9. The number of aldehydes is 1. The molecule has 16 atom stereocenters. The molecule has 3 heterocycles. The molecule has 0 amide bonds. The van der Waals surface area contributed by atoms with Gasteiger partial charge in [-0.25, -0.2) is 4.79 Å². The number of carbonyl (C=O) groups excluding carboxylic acids is 5. The maximum Gasteiger partial charge on any atom is 0.334 e. The molecule has 17 nitrogen and oxygen atoms in total. The van der Waals surface area contributed by atoms with Crippen LogP contribution in [0.1, 0.15) is 74.7 Å². The molecule has 3 aliphatic rings. The Kier molecular flexibility index (Phi) is 20.0. The van der Waals surface area contributed by atoms with Crippen LogP contribution in [0.5, 0.6) is 0 Å². The lowest BCUT2D eigenvalue weighted by Crippen LogP contribution is -2.65. The molecule has 60 heavy (non-hydrogen) atoms. The van der Waals surface area contributed by atoms with E-state index in [1.165, 1.54) is 34.1 Å². The summed E-state index contributed by atoms with van der Waals surface area (Å²) in [6.07, 6.45) is -3.18. The van der Waals surface area contributed by atoms with Crippen molar-refractivity contribution < 1.29 is 76.8 Å². The fourth-order valence-corrected chi connectivity index (χ4v) is 8.17. The highest BCUT2D eigenvalue weighted by Crippen LogP contribution is 2.36. The van der Waals surface area contributed by atoms with Gasteiger partial charge >= 0.3 is 17.9 Å². The van der Waals surface area contributed by atoms with E-state index in [1.807, 2.05) is 13.0 Å². The molecule has 2 fully saturated rings. The molecule has 0 aliphatic carbocycles. The molecule has 0 aromatic carbocycles. The van der Waals surface area contributed by atoms with Crippen LogP contribution in [0, 0.1) is 23.7 Å². The molecule has 0 radical (unpaired) electrons. The molecule has 0 aromatic rings. The number of likely N-dealkylation sites (N-methyl/N-ethyl adjacent to an activating group) is 1. The van der Waals surface area contributed by atoms with Crippen LogP contribution in [-0.2, 0) is 66.6 Å². The van der Waals surface area contributed by atoms with Crippen molar-refractivity contribution in [1.29, 1.82) is 0 Å². The number of carbonyl (C=O) groups is 5. The largest absolute Gasteiger partial charge is 0.512 e. The van der Waals surface area contributed by atoms with Crippen molar-refractivity contribution in [3.63, 3.8) is 0 Å². The summed E-state index contributed by atoms with van der Waals surface area (Å²) < 4.78 is 53.6. The Hall–Kier alpha value is -3.55. The third-order valence-electron chi connectivity index (χ3n) is 11.4. The van der Waals surface area contributed by atoms with Gasteiger partial charge in [-0.15, -0.1) is 0 Å². The van der Waals surface area contributed by atoms with Crippen molar-refractivity contribution in [2.45, 2.75) is 148 Å². The molecular weight excluding hydrogens is 786 g/mol. The number of nitrogens with zero attached hydrogens (tertiary/aromatic N) is 1. The number of aliphatic hydroxyl groups excluding tert-OH is 2. The Bertz CT molecular complexity index is 1550. The molecule has 0 bridgehead atoms. The van der Waals surface area contributed by atoms with E-state index in [1.54, 1.807) is 59.7 Å². The maximum atomic E-state index is 13.7. The molecule has 0 unspecified atom stereocenters. The predicted molar refractivity (Wildman–Crippen MR) is 215 cm³/mol. The lowest BCUT2D eigenvalue weighted by atomic mass is 9.81. The fourth-order valence-electron chi connectivity index (χ4n) is 8.17. The van der Waals surface area contributed by atoms with Crippen LogP contribution >= 0.6 is 0 Å². The normalized spacial score (nSPS) is 39.7. The van der Waals surface area contributed by atoms with Crippen LogP contribution < -0.4 is 0 Å². The lowest BCUT2D eigenvalue weighted by molar-refractivity contribution is -0.305. The SMILES string of the molecule is CC[C@H]1OC(=O)/C=C(/O)[C@@H](C)[C@@H](O[C@@H]2O[C@H](C)[C@@H](OC(C)=O)[C@H](N(C)C)[C@H]2OC(C)=O)[C@@H](CC=O)C[C@@H](C)C(=O)/C=C/C(C)=C/[C@@H]1CO[C@@H]1O[C@H](C)[C@@H](O)[C@@H](OC)[C@H]1OC. The summed E-state index contributed by atoms with van der Waals surface area (Å²) >= 11 is 0. The molecule has 17 heteroatoms. The Morgan fingerprint density at radius 1 is 0.900 bits per heavy atom. The Morgan fingerprint density at radius 2 is 1.52 bits per heavy atom. The van der Waals surface area contributed by atoms with E-state index in [0.717, 1.165) is 6.08 Å². The molecule has 340 valence electrons. The van der Waals surface area contributed by atoms with E-state index in [4.69, 9.17) is 42.6 Å². The van der Waals surface area contributed by atoms with Gasteiger partial charge in [0, 0.05) is 52.2 Å². The number of rotatable bonds is 13. The molecule has 3 rings (SSSR count). The van der Waals surface area contributed by atoms with Gasteiger partial charge in [0.25, 0.3) is 0 Å². The number of hydrogen-bond donors (Lipinski definition) is 2. The van der Waals surface area contributed by atoms with Crippen molar-refractivity contribution in [3.05, 3.63) is 35.6 Å². The van der Waals surface area contributed by atoms with Crippen LogP contribution in [0.15, 0.2) is 35.6 Å². The van der Waals surface area contributed by atoms with E-state index >= 15 is 0 Å². The quantitative estimate of drug-likeness (QED) is 0.154. The van der Waals surface area contributed by atoms with Gasteiger partial charge in [0.1, 0.15) is 42.6 Å². The summed E-state index contributed by atoms with van der Waals surface area (Å²) in [5, 5.41) is 22.3. The average molecular weight is 854 g/mol. The summed E-state index contributed by atoms with van der Waals surface area (Å²) in [4.78, 5) is 65.9. The van der Waals surface area contributed by atoms with Gasteiger partial charge in [0.15, 0.2) is 24.5 Å². The second-order valence-electron chi connectivity index (χ2n) is 16.2. The van der Waals surface area contributed by atoms with Crippen molar-refractivity contribution in [3.8, 4) is 0 Å². The van der Waals surface area contributed by atoms with Gasteiger partial charge in [0.05, 0.1) is 37.0 Å². The summed E-state index contributed by atoms with van der Waals surface area (Å²) in [6.45, 7) is 12.7. The van der Waals surface area contributed by atoms with Gasteiger partial charge < -0.3 is 57.6 Å². The first-order valence-electron chi connectivity index (χ1n) is 20.6. The maximum absolute atomic E-state index is 13.7. The molecule has 3 aliphatic heterocycles. The van der Waals surface area contributed by atoms with E-state index in [9.17, 15) is 34.2 Å². The summed E-state index contributed by atoms with van der Waals surface area (Å²) in [6, 6.07) is -0.747. The summed E-state index contributed by atoms with van der Waals surface area (Å²) in [5.74, 6) is -5.72. The highest BCUT2D eigenvalue weighted by molar-refractivity contribution is 5.91. The van der Waals surface area contributed by atoms with Gasteiger partial charge in [-0.05, 0) is 59.7 Å². The zero-order valence-corrected chi connectivity index (χ0v) is 37.0. The lowest BCUT2D eigenvalue weighted by Gasteiger charge is -2.48. The zero-order chi connectivity index (χ0) is 45.0. The van der Waals surface area contributed by atoms with Crippen molar-refractivity contribution in [2.24, 2.45) is 23.7 Å².